The van der Waals surface area contributed by atoms with Crippen LogP contribution in [0.3, 0.4) is 0 Å². The molecule has 0 amide bonds. The van der Waals surface area contributed by atoms with E-state index in [9.17, 15) is 0 Å². The first-order valence-corrected chi connectivity index (χ1v) is 3.73. The molecule has 1 rings (SSSR count). The van der Waals surface area contributed by atoms with E-state index in [0.717, 1.165) is 0 Å². The van der Waals surface area contributed by atoms with Gasteiger partial charge in [-0.1, -0.05) is 0 Å². The minimum Gasteiger partial charge on any atom is -0.396 e. The number of aliphatic hydroxyl groups is 1. The van der Waals surface area contributed by atoms with E-state index >= 15 is 0 Å². The fourth-order valence-electron chi connectivity index (χ4n) is 0.972. The molecular weight excluding hydrogens is 148 g/mol. The van der Waals surface area contributed by atoms with Gasteiger partial charge in [-0.05, 0) is 6.42 Å². The zero-order valence-corrected chi connectivity index (χ0v) is 6.66. The Bertz CT molecular complexity index is 98.6. The molecule has 1 saturated heterocycles. The van der Waals surface area contributed by atoms with Crippen molar-refractivity contribution in [3.05, 3.63) is 0 Å². The fraction of sp³-hybridized carbons (Fsp3) is 1.00. The second-order valence-corrected chi connectivity index (χ2v) is 2.47. The van der Waals surface area contributed by atoms with Crippen molar-refractivity contribution < 1.29 is 19.3 Å². The van der Waals surface area contributed by atoms with Crippen LogP contribution in [0.15, 0.2) is 0 Å². The number of hydrogen-bond donors (Lipinski definition) is 1. The molecule has 4 heteroatoms. The first kappa shape index (κ1) is 8.93. The van der Waals surface area contributed by atoms with Gasteiger partial charge in [-0.2, -0.15) is 0 Å². The molecule has 2 unspecified atom stereocenters. The number of aliphatic hydroxyl groups excluding tert-OH is 1. The van der Waals surface area contributed by atoms with Gasteiger partial charge in [0.2, 0.25) is 0 Å². The maximum atomic E-state index is 8.57. The van der Waals surface area contributed by atoms with E-state index in [-0.39, 0.29) is 19.0 Å². The molecule has 66 valence electrons. The van der Waals surface area contributed by atoms with Crippen molar-refractivity contribution in [2.24, 2.45) is 0 Å². The van der Waals surface area contributed by atoms with Crippen LogP contribution in [0.25, 0.3) is 0 Å². The lowest BCUT2D eigenvalue weighted by Gasteiger charge is -2.27. The molecule has 1 N–H and O–H groups in total. The Morgan fingerprint density at radius 3 is 2.73 bits per heavy atom. The molecule has 0 aromatic carbocycles. The molecule has 4 nitrogen and oxygen atoms in total. The van der Waals surface area contributed by atoms with E-state index in [1.165, 1.54) is 0 Å². The van der Waals surface area contributed by atoms with E-state index in [2.05, 4.69) is 0 Å². The first-order valence-electron chi connectivity index (χ1n) is 3.73. The average Bonchev–Trinajstić information content (AvgIpc) is 2.07. The quantitative estimate of drug-likeness (QED) is 0.622. The van der Waals surface area contributed by atoms with Crippen LogP contribution in [-0.2, 0) is 14.2 Å². The largest absolute Gasteiger partial charge is 0.396 e. The van der Waals surface area contributed by atoms with Crippen LogP contribution in [0.4, 0.5) is 0 Å². The lowest BCUT2D eigenvalue weighted by Crippen LogP contribution is -2.36. The Kier molecular flexibility index (Phi) is 3.79. The zero-order chi connectivity index (χ0) is 8.10. The molecule has 1 heterocycles. The highest BCUT2D eigenvalue weighted by molar-refractivity contribution is 4.61. The highest BCUT2D eigenvalue weighted by Gasteiger charge is 2.20. The summed E-state index contributed by atoms with van der Waals surface area (Å²) < 4.78 is 15.5. The molecule has 0 spiro atoms. The minimum atomic E-state index is -0.232. The van der Waals surface area contributed by atoms with Gasteiger partial charge in [-0.25, -0.2) is 0 Å². The van der Waals surface area contributed by atoms with Gasteiger partial charge in [0, 0.05) is 13.7 Å². The molecule has 1 aliphatic heterocycles. The summed E-state index contributed by atoms with van der Waals surface area (Å²) in [6.07, 6.45) is 0.438. The van der Waals surface area contributed by atoms with Gasteiger partial charge in [0.15, 0.2) is 6.29 Å². The predicted molar refractivity (Wildman–Crippen MR) is 38.2 cm³/mol. The molecule has 0 saturated carbocycles. The summed E-state index contributed by atoms with van der Waals surface area (Å²) in [5, 5.41) is 8.57. The van der Waals surface area contributed by atoms with Gasteiger partial charge in [-0.3, -0.25) is 0 Å². The van der Waals surface area contributed by atoms with Crippen LogP contribution in [-0.4, -0.2) is 44.4 Å². The molecule has 0 bridgehead atoms. The lowest BCUT2D eigenvalue weighted by molar-refractivity contribution is -0.226. The molecule has 1 fully saturated rings. The monoisotopic (exact) mass is 162 g/mol. The van der Waals surface area contributed by atoms with Crippen molar-refractivity contribution >= 4 is 0 Å². The number of rotatable bonds is 3. The summed E-state index contributed by atoms with van der Waals surface area (Å²) in [6.45, 7) is 1.12. The Labute approximate surface area is 66.1 Å². The predicted octanol–water partition coefficient (Wildman–Crippen LogP) is -0.243. The van der Waals surface area contributed by atoms with Gasteiger partial charge in [0.1, 0.15) is 0 Å². The normalized spacial score (nSPS) is 32.2. The van der Waals surface area contributed by atoms with Crippen molar-refractivity contribution in [1.82, 2.24) is 0 Å². The van der Waals surface area contributed by atoms with Crippen LogP contribution in [0.5, 0.6) is 0 Å². The first-order chi connectivity index (χ1) is 5.36. The molecule has 0 radical (unpaired) electrons. The van der Waals surface area contributed by atoms with Crippen LogP contribution in [0, 0.1) is 0 Å². The summed E-state index contributed by atoms with van der Waals surface area (Å²) in [5.41, 5.74) is 0. The summed E-state index contributed by atoms with van der Waals surface area (Å²) in [4.78, 5) is 0. The smallest absolute Gasteiger partial charge is 0.180 e. The van der Waals surface area contributed by atoms with E-state index in [4.69, 9.17) is 19.3 Å². The highest BCUT2D eigenvalue weighted by Crippen LogP contribution is 2.09. The number of methoxy groups -OCH3 is 1. The number of ether oxygens (including phenoxy) is 3. The van der Waals surface area contributed by atoms with Gasteiger partial charge >= 0.3 is 0 Å². The third-order valence-corrected chi connectivity index (χ3v) is 1.65. The molecule has 0 aromatic heterocycles. The van der Waals surface area contributed by atoms with E-state index in [1.807, 2.05) is 0 Å². The molecule has 0 aromatic rings. The van der Waals surface area contributed by atoms with Gasteiger partial charge < -0.3 is 19.3 Å². The topological polar surface area (TPSA) is 47.9 Å². The van der Waals surface area contributed by atoms with Crippen molar-refractivity contribution in [2.45, 2.75) is 18.8 Å². The zero-order valence-electron chi connectivity index (χ0n) is 6.66. The SMILES string of the molecule is COC1COC(CCO)CO1. The third kappa shape index (κ3) is 2.75. The van der Waals surface area contributed by atoms with Crippen LogP contribution >= 0.6 is 0 Å². The Balaban J connectivity index is 2.14. The summed E-state index contributed by atoms with van der Waals surface area (Å²) in [6, 6.07) is 0. The van der Waals surface area contributed by atoms with E-state index < -0.39 is 0 Å². The molecular formula is C7H14O4. The van der Waals surface area contributed by atoms with Crippen LogP contribution in [0.1, 0.15) is 6.42 Å². The van der Waals surface area contributed by atoms with Gasteiger partial charge in [-0.15, -0.1) is 0 Å². The van der Waals surface area contributed by atoms with Crippen molar-refractivity contribution in [3.8, 4) is 0 Å². The molecule has 0 aliphatic carbocycles. The maximum absolute atomic E-state index is 8.57. The summed E-state index contributed by atoms with van der Waals surface area (Å²) in [5.74, 6) is 0. The van der Waals surface area contributed by atoms with Crippen molar-refractivity contribution in [2.75, 3.05) is 26.9 Å². The van der Waals surface area contributed by atoms with Gasteiger partial charge in [0.25, 0.3) is 0 Å². The summed E-state index contributed by atoms with van der Waals surface area (Å²) in [7, 11) is 1.58. The van der Waals surface area contributed by atoms with E-state index in [0.29, 0.717) is 19.6 Å². The van der Waals surface area contributed by atoms with Crippen molar-refractivity contribution in [3.63, 3.8) is 0 Å². The Hall–Kier alpha value is -0.160. The van der Waals surface area contributed by atoms with Crippen molar-refractivity contribution in [1.29, 1.82) is 0 Å². The standard InChI is InChI=1S/C7H14O4/c1-9-7-5-10-6(2-3-8)4-11-7/h6-8H,2-5H2,1H3. The third-order valence-electron chi connectivity index (χ3n) is 1.65. The maximum Gasteiger partial charge on any atom is 0.180 e. The second kappa shape index (κ2) is 4.66. The summed E-state index contributed by atoms with van der Waals surface area (Å²) >= 11 is 0. The van der Waals surface area contributed by atoms with Gasteiger partial charge in [0.05, 0.1) is 19.3 Å². The van der Waals surface area contributed by atoms with Crippen LogP contribution in [0.2, 0.25) is 0 Å². The Morgan fingerprint density at radius 2 is 2.27 bits per heavy atom. The average molecular weight is 162 g/mol. The second-order valence-electron chi connectivity index (χ2n) is 2.47. The lowest BCUT2D eigenvalue weighted by atomic mass is 10.2. The Morgan fingerprint density at radius 1 is 1.45 bits per heavy atom. The van der Waals surface area contributed by atoms with Crippen LogP contribution < -0.4 is 0 Å². The molecule has 2 atom stereocenters. The minimum absolute atomic E-state index is 0.0337. The van der Waals surface area contributed by atoms with E-state index in [1.54, 1.807) is 7.11 Å². The molecule has 1 aliphatic rings. The number of hydrogen-bond acceptors (Lipinski definition) is 4. The highest BCUT2D eigenvalue weighted by atomic mass is 16.7. The molecule has 11 heavy (non-hydrogen) atoms. The fourth-order valence-corrected chi connectivity index (χ4v) is 0.972.